The minimum Gasteiger partial charge on any atom is -0.492 e. The van der Waals surface area contributed by atoms with Gasteiger partial charge in [-0.05, 0) is 68.6 Å². The number of anilines is 4. The molecule has 0 radical (unpaired) electrons. The van der Waals surface area contributed by atoms with Crippen LogP contribution in [0.5, 0.6) is 5.75 Å². The van der Waals surface area contributed by atoms with Crippen LogP contribution in [0.3, 0.4) is 0 Å². The number of ether oxygens (including phenoxy) is 1. The molecule has 1 fully saturated rings. The van der Waals surface area contributed by atoms with Crippen LogP contribution in [0.15, 0.2) is 60.9 Å². The van der Waals surface area contributed by atoms with Crippen LogP contribution in [0.25, 0.3) is 0 Å². The topological polar surface area (TPSA) is 91.4 Å². The number of rotatable bonds is 11. The monoisotopic (exact) mass is 518 g/mol. The summed E-state index contributed by atoms with van der Waals surface area (Å²) in [7, 11) is 0. The zero-order chi connectivity index (χ0) is 27.2. The summed E-state index contributed by atoms with van der Waals surface area (Å²) >= 11 is 0. The maximum atomic E-state index is 12.2. The van der Waals surface area contributed by atoms with Crippen LogP contribution < -0.4 is 20.7 Å². The molecule has 0 saturated carbocycles. The van der Waals surface area contributed by atoms with Crippen LogP contribution in [0.2, 0.25) is 0 Å². The molecule has 0 unspecified atom stereocenters. The molecule has 8 heteroatoms. The van der Waals surface area contributed by atoms with Gasteiger partial charge in [0.25, 0.3) is 0 Å². The Kier molecular flexibility index (Phi) is 11.8. The van der Waals surface area contributed by atoms with Crippen molar-refractivity contribution in [2.75, 3.05) is 43.4 Å². The molecule has 2 heterocycles. The van der Waals surface area contributed by atoms with Crippen LogP contribution in [0, 0.1) is 12.8 Å². The molecular weight excluding hydrogens is 476 g/mol. The molecule has 8 nitrogen and oxygen atoms in total. The minimum atomic E-state index is 0.0754. The minimum absolute atomic E-state index is 0.0754. The van der Waals surface area contributed by atoms with Gasteiger partial charge in [-0.3, -0.25) is 4.79 Å². The third kappa shape index (κ3) is 10.0. The molecule has 1 aromatic heterocycles. The maximum Gasteiger partial charge on any atom is 0.221 e. The highest BCUT2D eigenvalue weighted by molar-refractivity contribution is 5.76. The van der Waals surface area contributed by atoms with E-state index in [0.29, 0.717) is 31.2 Å². The van der Waals surface area contributed by atoms with Crippen molar-refractivity contribution in [1.82, 2.24) is 20.2 Å². The van der Waals surface area contributed by atoms with Gasteiger partial charge >= 0.3 is 0 Å². The lowest BCUT2D eigenvalue weighted by molar-refractivity contribution is -0.121. The molecule has 0 aliphatic carbocycles. The fraction of sp³-hybridized carbons (Fsp3) is 0.433. The van der Waals surface area contributed by atoms with Gasteiger partial charge in [-0.2, -0.15) is 0 Å². The van der Waals surface area contributed by atoms with Crippen molar-refractivity contribution in [2.45, 2.75) is 47.0 Å². The van der Waals surface area contributed by atoms with Crippen molar-refractivity contribution in [1.29, 1.82) is 0 Å². The van der Waals surface area contributed by atoms with Gasteiger partial charge in [-0.25, -0.2) is 9.97 Å². The molecule has 0 atom stereocenters. The molecule has 3 aromatic rings. The number of likely N-dealkylation sites (tertiary alicyclic amines) is 1. The first-order chi connectivity index (χ1) is 18.5. The third-order valence-corrected chi connectivity index (χ3v) is 6.29. The first-order valence-electron chi connectivity index (χ1n) is 13.7. The van der Waals surface area contributed by atoms with Crippen molar-refractivity contribution in [3.8, 4) is 5.75 Å². The number of aromatic nitrogens is 2. The number of piperidine rings is 1. The molecule has 0 spiro atoms. The van der Waals surface area contributed by atoms with E-state index in [1.165, 1.54) is 24.7 Å². The molecule has 0 bridgehead atoms. The Morgan fingerprint density at radius 2 is 1.63 bits per heavy atom. The van der Waals surface area contributed by atoms with Gasteiger partial charge in [0.05, 0.1) is 6.54 Å². The lowest BCUT2D eigenvalue weighted by Crippen LogP contribution is -2.36. The molecule has 4 rings (SSSR count). The Labute approximate surface area is 227 Å². The van der Waals surface area contributed by atoms with E-state index in [4.69, 9.17) is 4.74 Å². The van der Waals surface area contributed by atoms with E-state index in [0.717, 1.165) is 42.7 Å². The summed E-state index contributed by atoms with van der Waals surface area (Å²) in [6, 6.07) is 17.7. The molecule has 3 N–H and O–H groups in total. The Hall–Kier alpha value is -3.65. The van der Waals surface area contributed by atoms with Crippen molar-refractivity contribution in [2.24, 2.45) is 5.92 Å². The number of carbonyl (C=O) groups is 1. The second-order valence-corrected chi connectivity index (χ2v) is 9.41. The molecular formula is C30H42N6O2. The van der Waals surface area contributed by atoms with Crippen LogP contribution in [-0.4, -0.2) is 53.6 Å². The van der Waals surface area contributed by atoms with Crippen LogP contribution in [0.1, 0.15) is 45.6 Å². The number of hydrogen-bond acceptors (Lipinski definition) is 7. The summed E-state index contributed by atoms with van der Waals surface area (Å²) in [5.74, 6) is 2.99. The van der Waals surface area contributed by atoms with Crippen molar-refractivity contribution >= 4 is 28.9 Å². The second-order valence-electron chi connectivity index (χ2n) is 9.41. The van der Waals surface area contributed by atoms with E-state index in [-0.39, 0.29) is 5.91 Å². The van der Waals surface area contributed by atoms with E-state index in [9.17, 15) is 4.79 Å². The van der Waals surface area contributed by atoms with Gasteiger partial charge in [0.15, 0.2) is 0 Å². The van der Waals surface area contributed by atoms with Gasteiger partial charge in [0, 0.05) is 36.5 Å². The highest BCUT2D eigenvalue weighted by atomic mass is 16.5. The summed E-state index contributed by atoms with van der Waals surface area (Å²) in [6.45, 7) is 12.3. The summed E-state index contributed by atoms with van der Waals surface area (Å²) in [5.41, 5.74) is 3.01. The first kappa shape index (κ1) is 28.9. The fourth-order valence-corrected chi connectivity index (χ4v) is 4.17. The van der Waals surface area contributed by atoms with Crippen LogP contribution in [-0.2, 0) is 4.79 Å². The summed E-state index contributed by atoms with van der Waals surface area (Å²) in [4.78, 5) is 23.2. The Bertz CT molecular complexity index is 1130. The lowest BCUT2D eigenvalue weighted by Gasteiger charge is -2.29. The Morgan fingerprint density at radius 3 is 2.32 bits per heavy atom. The number of hydrogen-bond donors (Lipinski definition) is 3. The number of benzene rings is 2. The molecule has 1 amide bonds. The average Bonchev–Trinajstić information content (AvgIpc) is 2.92. The van der Waals surface area contributed by atoms with E-state index < -0.39 is 0 Å². The van der Waals surface area contributed by atoms with E-state index in [2.05, 4.69) is 56.8 Å². The van der Waals surface area contributed by atoms with E-state index in [1.807, 2.05) is 56.3 Å². The molecule has 38 heavy (non-hydrogen) atoms. The normalized spacial score (nSPS) is 13.7. The zero-order valence-electron chi connectivity index (χ0n) is 23.2. The number of aryl methyl sites for hydroxylation is 1. The number of nitrogens with zero attached hydrogens (tertiary/aromatic N) is 3. The van der Waals surface area contributed by atoms with Crippen molar-refractivity contribution < 1.29 is 9.53 Å². The highest BCUT2D eigenvalue weighted by Crippen LogP contribution is 2.23. The third-order valence-electron chi connectivity index (χ3n) is 6.29. The summed E-state index contributed by atoms with van der Waals surface area (Å²) in [6.07, 6.45) is 4.51. The standard InChI is InChI=1S/C28H36N6O2.C2H6/c1-21-9-13-34(14-10-21)15-11-28(35)29-12-16-36-25-8-4-7-24(18-25)33-27-19-26(30-20-31-27)32-23-6-3-5-22(2)17-23;1-2/h3-8,17-21H,9-16H2,1-2H3,(H,29,35)(H2,30,31,32,33);1-2H3. The predicted molar refractivity (Wildman–Crippen MR) is 156 cm³/mol. The second kappa shape index (κ2) is 15.6. The Balaban J connectivity index is 0.00000195. The van der Waals surface area contributed by atoms with E-state index >= 15 is 0 Å². The summed E-state index contributed by atoms with van der Waals surface area (Å²) < 4.78 is 5.84. The highest BCUT2D eigenvalue weighted by Gasteiger charge is 2.16. The molecule has 1 aliphatic heterocycles. The quantitative estimate of drug-likeness (QED) is 0.272. The molecule has 2 aromatic carbocycles. The molecule has 204 valence electrons. The average molecular weight is 519 g/mol. The van der Waals surface area contributed by atoms with Gasteiger partial charge in [-0.1, -0.05) is 39.0 Å². The fourth-order valence-electron chi connectivity index (χ4n) is 4.17. The number of amides is 1. The van der Waals surface area contributed by atoms with Crippen LogP contribution in [0.4, 0.5) is 23.0 Å². The molecule has 1 saturated heterocycles. The largest absolute Gasteiger partial charge is 0.492 e. The lowest BCUT2D eigenvalue weighted by atomic mass is 9.99. The zero-order valence-corrected chi connectivity index (χ0v) is 23.2. The molecule has 1 aliphatic rings. The van der Waals surface area contributed by atoms with E-state index in [1.54, 1.807) is 0 Å². The van der Waals surface area contributed by atoms with Crippen molar-refractivity contribution in [3.63, 3.8) is 0 Å². The number of carbonyl (C=O) groups excluding carboxylic acids is 1. The summed E-state index contributed by atoms with van der Waals surface area (Å²) in [5, 5.41) is 9.55. The van der Waals surface area contributed by atoms with Crippen molar-refractivity contribution in [3.05, 3.63) is 66.5 Å². The first-order valence-corrected chi connectivity index (χ1v) is 13.7. The van der Waals surface area contributed by atoms with Gasteiger partial charge in [0.2, 0.25) is 5.91 Å². The Morgan fingerprint density at radius 1 is 0.974 bits per heavy atom. The SMILES string of the molecule is CC.Cc1cccc(Nc2cc(Nc3cccc(OCCNC(=O)CCN4CCC(C)CC4)c3)ncn2)c1. The van der Waals surface area contributed by atoms with Gasteiger partial charge < -0.3 is 25.6 Å². The van der Waals surface area contributed by atoms with Crippen LogP contribution >= 0.6 is 0 Å². The van der Waals surface area contributed by atoms with Gasteiger partial charge in [0.1, 0.15) is 30.3 Å². The smallest absolute Gasteiger partial charge is 0.221 e. The van der Waals surface area contributed by atoms with Gasteiger partial charge in [-0.15, -0.1) is 0 Å². The number of nitrogens with one attached hydrogen (secondary N) is 3. The maximum absolute atomic E-state index is 12.2. The predicted octanol–water partition coefficient (Wildman–Crippen LogP) is 5.92.